The van der Waals surface area contributed by atoms with Crippen LogP contribution in [0.3, 0.4) is 0 Å². The minimum Gasteiger partial charge on any atom is -0.481 e. The Morgan fingerprint density at radius 1 is 1.05 bits per heavy atom. The second kappa shape index (κ2) is 4.76. The number of aryl methyl sites for hydroxylation is 1. The number of hydrogen-bond donors (Lipinski definition) is 2. The third kappa shape index (κ3) is 2.32. The summed E-state index contributed by atoms with van der Waals surface area (Å²) in [4.78, 5) is 13.9. The largest absolute Gasteiger partial charge is 0.481 e. The molecule has 0 saturated heterocycles. The summed E-state index contributed by atoms with van der Waals surface area (Å²) in [6.07, 6.45) is 1.72. The van der Waals surface area contributed by atoms with E-state index >= 15 is 0 Å². The van der Waals surface area contributed by atoms with Crippen molar-refractivity contribution < 1.29 is 9.90 Å². The standard InChI is InChI=1S/C16H15NO2/c18-16(19)7-3-4-11-8-9-15-13(10-11)12-5-1-2-6-14(12)17-15/h1-2,5-6,8-10,17H,3-4,7H2,(H,18,19). The van der Waals surface area contributed by atoms with Crippen LogP contribution in [0.2, 0.25) is 0 Å². The Bertz CT molecular complexity index is 743. The van der Waals surface area contributed by atoms with E-state index in [0.29, 0.717) is 6.42 Å². The molecule has 1 heterocycles. The molecular formula is C16H15NO2. The molecule has 19 heavy (non-hydrogen) atoms. The predicted octanol–water partition coefficient (Wildman–Crippen LogP) is 3.73. The summed E-state index contributed by atoms with van der Waals surface area (Å²) in [5.41, 5.74) is 3.46. The maximum atomic E-state index is 10.5. The number of carbonyl (C=O) groups is 1. The number of aliphatic carboxylic acids is 1. The summed E-state index contributed by atoms with van der Waals surface area (Å²) >= 11 is 0. The molecule has 0 aliphatic carbocycles. The van der Waals surface area contributed by atoms with Crippen LogP contribution < -0.4 is 0 Å². The van der Waals surface area contributed by atoms with Gasteiger partial charge in [0.25, 0.3) is 0 Å². The van der Waals surface area contributed by atoms with Gasteiger partial charge in [0.1, 0.15) is 0 Å². The van der Waals surface area contributed by atoms with Crippen LogP contribution in [0.4, 0.5) is 0 Å². The predicted molar refractivity (Wildman–Crippen MR) is 76.4 cm³/mol. The Morgan fingerprint density at radius 3 is 2.68 bits per heavy atom. The van der Waals surface area contributed by atoms with Gasteiger partial charge in [-0.1, -0.05) is 24.3 Å². The van der Waals surface area contributed by atoms with E-state index in [4.69, 9.17) is 5.11 Å². The number of aromatic nitrogens is 1. The molecule has 0 spiro atoms. The number of carboxylic acid groups (broad SMARTS) is 1. The highest BCUT2D eigenvalue weighted by Gasteiger charge is 2.05. The number of fused-ring (bicyclic) bond motifs is 3. The lowest BCUT2D eigenvalue weighted by atomic mass is 10.0. The van der Waals surface area contributed by atoms with Gasteiger partial charge in [-0.05, 0) is 36.6 Å². The van der Waals surface area contributed by atoms with Gasteiger partial charge in [-0.3, -0.25) is 4.79 Å². The topological polar surface area (TPSA) is 53.1 Å². The first-order chi connectivity index (χ1) is 9.24. The first-order valence-electron chi connectivity index (χ1n) is 6.45. The second-order valence-corrected chi connectivity index (χ2v) is 4.80. The van der Waals surface area contributed by atoms with Gasteiger partial charge in [0.15, 0.2) is 0 Å². The third-order valence-electron chi connectivity index (χ3n) is 3.43. The Morgan fingerprint density at radius 2 is 1.84 bits per heavy atom. The molecule has 0 radical (unpaired) electrons. The summed E-state index contributed by atoms with van der Waals surface area (Å²) in [5.74, 6) is -0.729. The van der Waals surface area contributed by atoms with E-state index in [-0.39, 0.29) is 6.42 Å². The molecule has 0 aliphatic heterocycles. The monoisotopic (exact) mass is 253 g/mol. The van der Waals surface area contributed by atoms with E-state index < -0.39 is 5.97 Å². The van der Waals surface area contributed by atoms with Crippen molar-refractivity contribution in [2.75, 3.05) is 0 Å². The van der Waals surface area contributed by atoms with Crippen molar-refractivity contribution in [2.45, 2.75) is 19.3 Å². The summed E-state index contributed by atoms with van der Waals surface area (Å²) < 4.78 is 0. The molecule has 3 nitrogen and oxygen atoms in total. The summed E-state index contributed by atoms with van der Waals surface area (Å²) in [5, 5.41) is 11.1. The van der Waals surface area contributed by atoms with Gasteiger partial charge < -0.3 is 10.1 Å². The average molecular weight is 253 g/mol. The lowest BCUT2D eigenvalue weighted by molar-refractivity contribution is -0.137. The first-order valence-corrected chi connectivity index (χ1v) is 6.45. The quantitative estimate of drug-likeness (QED) is 0.744. The Labute approximate surface area is 110 Å². The van der Waals surface area contributed by atoms with Crippen LogP contribution in [-0.2, 0) is 11.2 Å². The molecule has 0 bridgehead atoms. The first kappa shape index (κ1) is 11.8. The highest BCUT2D eigenvalue weighted by atomic mass is 16.4. The van der Waals surface area contributed by atoms with Crippen LogP contribution in [0.15, 0.2) is 42.5 Å². The van der Waals surface area contributed by atoms with Crippen molar-refractivity contribution >= 4 is 27.8 Å². The maximum absolute atomic E-state index is 10.5. The number of para-hydroxylation sites is 1. The molecule has 0 saturated carbocycles. The van der Waals surface area contributed by atoms with Crippen LogP contribution in [0, 0.1) is 0 Å². The van der Waals surface area contributed by atoms with Gasteiger partial charge in [0.05, 0.1) is 0 Å². The molecular weight excluding hydrogens is 238 g/mol. The number of carboxylic acids is 1. The lowest BCUT2D eigenvalue weighted by Crippen LogP contribution is -1.95. The van der Waals surface area contributed by atoms with Crippen molar-refractivity contribution in [3.63, 3.8) is 0 Å². The number of hydrogen-bond acceptors (Lipinski definition) is 1. The van der Waals surface area contributed by atoms with Gasteiger partial charge in [-0.25, -0.2) is 0 Å². The maximum Gasteiger partial charge on any atom is 0.303 e. The zero-order valence-corrected chi connectivity index (χ0v) is 10.5. The molecule has 2 N–H and O–H groups in total. The minimum atomic E-state index is -0.729. The SMILES string of the molecule is O=C(O)CCCc1ccc2[nH]c3ccccc3c2c1. The van der Waals surface area contributed by atoms with Crippen LogP contribution in [0.1, 0.15) is 18.4 Å². The van der Waals surface area contributed by atoms with Crippen molar-refractivity contribution in [3.8, 4) is 0 Å². The fourth-order valence-corrected chi connectivity index (χ4v) is 2.49. The average Bonchev–Trinajstić information content (AvgIpc) is 2.76. The molecule has 3 aromatic rings. The van der Waals surface area contributed by atoms with Gasteiger partial charge in [0.2, 0.25) is 0 Å². The van der Waals surface area contributed by atoms with E-state index in [1.54, 1.807) is 0 Å². The van der Waals surface area contributed by atoms with Crippen LogP contribution in [0.25, 0.3) is 21.8 Å². The van der Waals surface area contributed by atoms with Crippen molar-refractivity contribution in [2.24, 2.45) is 0 Å². The molecule has 2 aromatic carbocycles. The Kier molecular flexibility index (Phi) is 2.95. The van der Waals surface area contributed by atoms with Gasteiger partial charge >= 0.3 is 5.97 Å². The zero-order valence-electron chi connectivity index (χ0n) is 10.5. The highest BCUT2D eigenvalue weighted by molar-refractivity contribution is 6.07. The molecule has 0 atom stereocenters. The van der Waals surface area contributed by atoms with Crippen LogP contribution in [-0.4, -0.2) is 16.1 Å². The van der Waals surface area contributed by atoms with Gasteiger partial charge in [-0.15, -0.1) is 0 Å². The fourth-order valence-electron chi connectivity index (χ4n) is 2.49. The van der Waals surface area contributed by atoms with E-state index in [2.05, 4.69) is 35.3 Å². The van der Waals surface area contributed by atoms with Gasteiger partial charge in [-0.2, -0.15) is 0 Å². The van der Waals surface area contributed by atoms with E-state index in [9.17, 15) is 4.79 Å². The Hall–Kier alpha value is -2.29. The molecule has 0 aliphatic rings. The number of nitrogens with one attached hydrogen (secondary N) is 1. The molecule has 96 valence electrons. The lowest BCUT2D eigenvalue weighted by Gasteiger charge is -2.00. The molecule has 0 fully saturated rings. The third-order valence-corrected chi connectivity index (χ3v) is 3.43. The molecule has 0 amide bonds. The number of H-pyrrole nitrogens is 1. The van der Waals surface area contributed by atoms with Gasteiger partial charge in [0, 0.05) is 28.2 Å². The van der Waals surface area contributed by atoms with Crippen LogP contribution >= 0.6 is 0 Å². The second-order valence-electron chi connectivity index (χ2n) is 4.80. The smallest absolute Gasteiger partial charge is 0.303 e. The fraction of sp³-hybridized carbons (Fsp3) is 0.188. The molecule has 0 unspecified atom stereocenters. The van der Waals surface area contributed by atoms with E-state index in [0.717, 1.165) is 17.5 Å². The molecule has 3 heteroatoms. The van der Waals surface area contributed by atoms with Crippen molar-refractivity contribution in [3.05, 3.63) is 48.0 Å². The summed E-state index contributed by atoms with van der Waals surface area (Å²) in [7, 11) is 0. The summed E-state index contributed by atoms with van der Waals surface area (Å²) in [6.45, 7) is 0. The number of benzene rings is 2. The minimum absolute atomic E-state index is 0.228. The van der Waals surface area contributed by atoms with E-state index in [1.807, 2.05) is 12.1 Å². The zero-order chi connectivity index (χ0) is 13.2. The molecule has 1 aromatic heterocycles. The van der Waals surface area contributed by atoms with Crippen molar-refractivity contribution in [1.82, 2.24) is 4.98 Å². The highest BCUT2D eigenvalue weighted by Crippen LogP contribution is 2.26. The van der Waals surface area contributed by atoms with Crippen molar-refractivity contribution in [1.29, 1.82) is 0 Å². The number of aromatic amines is 1. The summed E-state index contributed by atoms with van der Waals surface area (Å²) in [6, 6.07) is 14.5. The number of rotatable bonds is 4. The molecule has 3 rings (SSSR count). The van der Waals surface area contributed by atoms with Crippen LogP contribution in [0.5, 0.6) is 0 Å². The normalized spacial score (nSPS) is 11.2. The van der Waals surface area contributed by atoms with E-state index in [1.165, 1.54) is 16.3 Å². The Balaban J connectivity index is 1.95.